The molecule has 1 atom stereocenters. The van der Waals surface area contributed by atoms with Gasteiger partial charge in [-0.05, 0) is 27.8 Å². The van der Waals surface area contributed by atoms with Gasteiger partial charge in [0.2, 0.25) is 0 Å². The van der Waals surface area contributed by atoms with Crippen molar-refractivity contribution in [2.24, 2.45) is 0 Å². The number of aliphatic hydroxyl groups excluding tert-OH is 1. The molecule has 0 fully saturated rings. The van der Waals surface area contributed by atoms with E-state index in [0.29, 0.717) is 0 Å². The van der Waals surface area contributed by atoms with Crippen LogP contribution in [0, 0.1) is 0 Å². The van der Waals surface area contributed by atoms with Gasteiger partial charge in [0, 0.05) is 0 Å². The van der Waals surface area contributed by atoms with Crippen LogP contribution in [0.4, 0.5) is 0 Å². The van der Waals surface area contributed by atoms with E-state index >= 15 is 0 Å². The first-order valence-electron chi connectivity index (χ1n) is 2.99. The Kier molecular flexibility index (Phi) is 2.61. The van der Waals surface area contributed by atoms with Crippen molar-refractivity contribution in [3.63, 3.8) is 0 Å². The summed E-state index contributed by atoms with van der Waals surface area (Å²) in [5, 5.41) is 18.1. The van der Waals surface area contributed by atoms with Gasteiger partial charge in [0.1, 0.15) is 12.0 Å². The van der Waals surface area contributed by atoms with Gasteiger partial charge in [-0.25, -0.2) is 0 Å². The molecule has 56 valence electrons. The molecule has 0 aromatic carbocycles. The maximum absolute atomic E-state index is 9.22. The number of nitrogens with zero attached hydrogens (tertiary/aromatic N) is 1. The van der Waals surface area contributed by atoms with E-state index in [4.69, 9.17) is 5.11 Å². The number of hydrogen-bond acceptors (Lipinski definition) is 3. The third-order valence-electron chi connectivity index (χ3n) is 1.42. The Balaban J connectivity index is 3.88. The maximum atomic E-state index is 9.22. The van der Waals surface area contributed by atoms with Gasteiger partial charge in [-0.15, -0.1) is 0 Å². The van der Waals surface area contributed by atoms with Crippen LogP contribution < -0.4 is 0 Å². The highest BCUT2D eigenvalue weighted by Gasteiger charge is 2.21. The molecule has 0 aromatic rings. The van der Waals surface area contributed by atoms with Gasteiger partial charge in [-0.1, -0.05) is 0 Å². The van der Waals surface area contributed by atoms with Gasteiger partial charge < -0.3 is 10.2 Å². The van der Waals surface area contributed by atoms with Crippen molar-refractivity contribution in [1.29, 1.82) is 0 Å². The summed E-state index contributed by atoms with van der Waals surface area (Å²) in [4.78, 5) is 1.47. The summed E-state index contributed by atoms with van der Waals surface area (Å²) >= 11 is 0. The standard InChI is InChI=1S/C6H15NO2/c1-5(8)7(4)6(2,3)9/h5,8-9H,1-4H3. The van der Waals surface area contributed by atoms with Crippen molar-refractivity contribution in [3.8, 4) is 0 Å². The Morgan fingerprint density at radius 3 is 1.78 bits per heavy atom. The van der Waals surface area contributed by atoms with E-state index in [1.807, 2.05) is 0 Å². The molecule has 0 aliphatic heterocycles. The summed E-state index contributed by atoms with van der Waals surface area (Å²) in [7, 11) is 1.66. The molecule has 0 saturated heterocycles. The Hall–Kier alpha value is -0.120. The minimum atomic E-state index is -0.936. The van der Waals surface area contributed by atoms with E-state index in [-0.39, 0.29) is 0 Å². The first kappa shape index (κ1) is 8.88. The van der Waals surface area contributed by atoms with Gasteiger partial charge in [0.15, 0.2) is 0 Å². The normalized spacial score (nSPS) is 16.3. The average Bonchev–Trinajstić information content (AvgIpc) is 1.62. The second-order valence-electron chi connectivity index (χ2n) is 2.74. The van der Waals surface area contributed by atoms with Crippen LogP contribution in [-0.4, -0.2) is 34.1 Å². The van der Waals surface area contributed by atoms with Crippen LogP contribution in [0.2, 0.25) is 0 Å². The van der Waals surface area contributed by atoms with Crippen LogP contribution in [0.15, 0.2) is 0 Å². The molecule has 0 bridgehead atoms. The first-order chi connectivity index (χ1) is 3.85. The lowest BCUT2D eigenvalue weighted by Gasteiger charge is -2.32. The van der Waals surface area contributed by atoms with E-state index in [9.17, 15) is 5.11 Å². The summed E-state index contributed by atoms with van der Waals surface area (Å²) in [5.74, 6) is 0. The van der Waals surface area contributed by atoms with Crippen molar-refractivity contribution in [3.05, 3.63) is 0 Å². The van der Waals surface area contributed by atoms with Gasteiger partial charge in [-0.2, -0.15) is 0 Å². The van der Waals surface area contributed by atoms with Crippen LogP contribution in [0.1, 0.15) is 20.8 Å². The molecule has 0 spiro atoms. The fourth-order valence-electron chi connectivity index (χ4n) is 0.457. The largest absolute Gasteiger partial charge is 0.379 e. The summed E-state index contributed by atoms with van der Waals surface area (Å²) in [6, 6.07) is 0. The minimum Gasteiger partial charge on any atom is -0.379 e. The van der Waals surface area contributed by atoms with Crippen molar-refractivity contribution in [1.82, 2.24) is 4.90 Å². The third kappa shape index (κ3) is 2.79. The summed E-state index contributed by atoms with van der Waals surface area (Å²) < 4.78 is 0. The van der Waals surface area contributed by atoms with Gasteiger partial charge in [0.05, 0.1) is 0 Å². The number of rotatable bonds is 2. The fraction of sp³-hybridized carbons (Fsp3) is 1.00. The molecule has 0 aromatic heterocycles. The van der Waals surface area contributed by atoms with Crippen LogP contribution in [0.5, 0.6) is 0 Å². The predicted molar refractivity (Wildman–Crippen MR) is 35.7 cm³/mol. The lowest BCUT2D eigenvalue weighted by atomic mass is 10.3. The third-order valence-corrected chi connectivity index (χ3v) is 1.42. The maximum Gasteiger partial charge on any atom is 0.114 e. The Morgan fingerprint density at radius 1 is 1.44 bits per heavy atom. The molecular formula is C6H15NO2. The Morgan fingerprint density at radius 2 is 1.78 bits per heavy atom. The smallest absolute Gasteiger partial charge is 0.114 e. The molecule has 0 heterocycles. The van der Waals surface area contributed by atoms with E-state index in [1.54, 1.807) is 27.8 Å². The zero-order valence-corrected chi connectivity index (χ0v) is 6.42. The van der Waals surface area contributed by atoms with Crippen LogP contribution >= 0.6 is 0 Å². The van der Waals surface area contributed by atoms with Crippen molar-refractivity contribution < 1.29 is 10.2 Å². The first-order valence-corrected chi connectivity index (χ1v) is 2.99. The van der Waals surface area contributed by atoms with Crippen LogP contribution in [0.3, 0.4) is 0 Å². The molecule has 2 N–H and O–H groups in total. The topological polar surface area (TPSA) is 43.7 Å². The molecule has 0 amide bonds. The lowest BCUT2D eigenvalue weighted by Crippen LogP contribution is -2.45. The van der Waals surface area contributed by atoms with Crippen LogP contribution in [0.25, 0.3) is 0 Å². The second-order valence-corrected chi connectivity index (χ2v) is 2.74. The highest BCUT2D eigenvalue weighted by molar-refractivity contribution is 4.64. The SMILES string of the molecule is CC(O)N(C)C(C)(C)O. The minimum absolute atomic E-state index is 0.606. The molecule has 3 heteroatoms. The van der Waals surface area contributed by atoms with Crippen molar-refractivity contribution in [2.45, 2.75) is 32.7 Å². The number of hydrogen-bond donors (Lipinski definition) is 2. The lowest BCUT2D eigenvalue weighted by molar-refractivity contribution is -0.134. The monoisotopic (exact) mass is 133 g/mol. The summed E-state index contributed by atoms with van der Waals surface area (Å²) in [6.45, 7) is 4.86. The molecule has 0 aliphatic carbocycles. The molecule has 0 saturated carbocycles. The molecule has 1 unspecified atom stereocenters. The average molecular weight is 133 g/mol. The van der Waals surface area contributed by atoms with Gasteiger partial charge in [-0.3, -0.25) is 4.90 Å². The highest BCUT2D eigenvalue weighted by Crippen LogP contribution is 2.08. The van der Waals surface area contributed by atoms with E-state index in [1.165, 1.54) is 4.90 Å². The Labute approximate surface area is 55.9 Å². The van der Waals surface area contributed by atoms with Crippen LogP contribution in [-0.2, 0) is 0 Å². The summed E-state index contributed by atoms with van der Waals surface area (Å²) in [5.41, 5.74) is -0.936. The van der Waals surface area contributed by atoms with E-state index in [0.717, 1.165) is 0 Å². The van der Waals surface area contributed by atoms with Crippen molar-refractivity contribution in [2.75, 3.05) is 7.05 Å². The molecular weight excluding hydrogens is 118 g/mol. The second kappa shape index (κ2) is 2.64. The molecule has 0 rings (SSSR count). The molecule has 3 nitrogen and oxygen atoms in total. The molecule has 0 radical (unpaired) electrons. The van der Waals surface area contributed by atoms with E-state index in [2.05, 4.69) is 0 Å². The molecule has 9 heavy (non-hydrogen) atoms. The Bertz CT molecular complexity index is 85.5. The quantitative estimate of drug-likeness (QED) is 0.520. The van der Waals surface area contributed by atoms with Gasteiger partial charge >= 0.3 is 0 Å². The van der Waals surface area contributed by atoms with Crippen molar-refractivity contribution >= 4 is 0 Å². The number of aliphatic hydroxyl groups is 2. The zero-order valence-electron chi connectivity index (χ0n) is 6.42. The zero-order chi connectivity index (χ0) is 7.65. The summed E-state index contributed by atoms with van der Waals surface area (Å²) in [6.07, 6.45) is -0.606. The predicted octanol–water partition coefficient (Wildman–Crippen LogP) is -0.0151. The highest BCUT2D eigenvalue weighted by atomic mass is 16.3. The molecule has 0 aliphatic rings. The van der Waals surface area contributed by atoms with E-state index < -0.39 is 12.0 Å². The fourth-order valence-corrected chi connectivity index (χ4v) is 0.457. The van der Waals surface area contributed by atoms with Gasteiger partial charge in [0.25, 0.3) is 0 Å².